The molecule has 9 heteroatoms. The molecule has 0 aliphatic carbocycles. The summed E-state index contributed by atoms with van der Waals surface area (Å²) in [6.45, 7) is 0. The Morgan fingerprint density at radius 1 is 0.769 bits per heavy atom. The summed E-state index contributed by atoms with van der Waals surface area (Å²) in [6.07, 6.45) is -3.16. The van der Waals surface area contributed by atoms with Crippen molar-refractivity contribution in [3.8, 4) is 0 Å². The van der Waals surface area contributed by atoms with Crippen molar-refractivity contribution in [3.63, 3.8) is 0 Å². The average molecular weight is 363 g/mol. The molecule has 0 saturated heterocycles. The first-order valence-corrected chi connectivity index (χ1v) is 7.40. The van der Waals surface area contributed by atoms with E-state index in [0.717, 1.165) is 12.1 Å². The van der Waals surface area contributed by atoms with Gasteiger partial charge in [0.25, 0.3) is 0 Å². The van der Waals surface area contributed by atoms with E-state index in [0.29, 0.717) is 11.4 Å². The second-order valence-corrected chi connectivity index (χ2v) is 5.32. The van der Waals surface area contributed by atoms with Gasteiger partial charge in [0.05, 0.1) is 5.56 Å². The first-order valence-electron chi connectivity index (χ1n) is 7.40. The summed E-state index contributed by atoms with van der Waals surface area (Å²) in [6, 6.07) is 10.0. The largest absolute Gasteiger partial charge is 0.416 e. The fourth-order valence-corrected chi connectivity index (χ4v) is 2.14. The number of aromatic nitrogens is 2. The number of nitrogens with one attached hydrogen (secondary N) is 2. The predicted octanol–water partition coefficient (Wildman–Crippen LogP) is 4.70. The van der Waals surface area contributed by atoms with Gasteiger partial charge in [-0.25, -0.2) is 14.4 Å². The van der Waals surface area contributed by atoms with Gasteiger partial charge in [-0.1, -0.05) is 0 Å². The Morgan fingerprint density at radius 3 is 1.69 bits per heavy atom. The number of hydrogen-bond donors (Lipinski definition) is 3. The fourth-order valence-electron chi connectivity index (χ4n) is 2.14. The van der Waals surface area contributed by atoms with E-state index in [2.05, 4.69) is 20.6 Å². The lowest BCUT2D eigenvalue weighted by atomic mass is 10.2. The normalized spacial score (nSPS) is 11.2. The summed E-state index contributed by atoms with van der Waals surface area (Å²) < 4.78 is 50.8. The first kappa shape index (κ1) is 17.5. The molecule has 0 radical (unpaired) electrons. The third-order valence-corrected chi connectivity index (χ3v) is 3.47. The van der Waals surface area contributed by atoms with Crippen LogP contribution in [0.4, 0.5) is 46.3 Å². The summed E-state index contributed by atoms with van der Waals surface area (Å²) in [5, 5.41) is 5.77. The maximum atomic E-state index is 13.0. The molecule has 0 bridgehead atoms. The van der Waals surface area contributed by atoms with Crippen LogP contribution in [0, 0.1) is 5.82 Å². The lowest BCUT2D eigenvalue weighted by Gasteiger charge is -2.13. The third kappa shape index (κ3) is 4.00. The van der Waals surface area contributed by atoms with Crippen molar-refractivity contribution in [2.45, 2.75) is 6.18 Å². The van der Waals surface area contributed by atoms with Crippen molar-refractivity contribution in [3.05, 3.63) is 66.2 Å². The van der Waals surface area contributed by atoms with Crippen molar-refractivity contribution < 1.29 is 17.6 Å². The summed E-state index contributed by atoms with van der Waals surface area (Å²) in [5.74, 6) is 0.126. The van der Waals surface area contributed by atoms with Crippen molar-refractivity contribution in [2.24, 2.45) is 0 Å². The molecule has 0 unspecified atom stereocenters. The van der Waals surface area contributed by atoms with Crippen LogP contribution in [-0.2, 0) is 6.18 Å². The van der Waals surface area contributed by atoms with Gasteiger partial charge in [0, 0.05) is 11.4 Å². The smallest absolute Gasteiger partial charge is 0.393 e. The second-order valence-electron chi connectivity index (χ2n) is 5.32. The van der Waals surface area contributed by atoms with E-state index >= 15 is 0 Å². The Balaban J connectivity index is 1.79. The molecule has 5 nitrogen and oxygen atoms in total. The van der Waals surface area contributed by atoms with Crippen LogP contribution < -0.4 is 16.4 Å². The highest BCUT2D eigenvalue weighted by Crippen LogP contribution is 2.32. The Labute approximate surface area is 145 Å². The van der Waals surface area contributed by atoms with Crippen LogP contribution in [0.15, 0.2) is 54.9 Å². The van der Waals surface area contributed by atoms with E-state index in [-0.39, 0.29) is 23.1 Å². The summed E-state index contributed by atoms with van der Waals surface area (Å²) in [4.78, 5) is 8.01. The number of benzene rings is 2. The molecular formula is C17H13F4N5. The number of hydrogen-bond acceptors (Lipinski definition) is 5. The zero-order chi connectivity index (χ0) is 18.7. The van der Waals surface area contributed by atoms with Crippen molar-refractivity contribution in [2.75, 3.05) is 16.4 Å². The molecule has 1 heterocycles. The van der Waals surface area contributed by atoms with E-state index in [9.17, 15) is 17.6 Å². The monoisotopic (exact) mass is 363 g/mol. The van der Waals surface area contributed by atoms with Crippen LogP contribution in [0.3, 0.4) is 0 Å². The average Bonchev–Trinajstić information content (AvgIpc) is 2.60. The number of nitrogens with two attached hydrogens (primary N) is 1. The van der Waals surface area contributed by atoms with Crippen LogP contribution in [-0.4, -0.2) is 9.97 Å². The lowest BCUT2D eigenvalue weighted by Crippen LogP contribution is -2.06. The molecule has 3 rings (SSSR count). The minimum atomic E-state index is -4.40. The van der Waals surface area contributed by atoms with Crippen LogP contribution in [0.1, 0.15) is 5.56 Å². The maximum Gasteiger partial charge on any atom is 0.416 e. The molecule has 4 N–H and O–H groups in total. The molecule has 1 aromatic heterocycles. The highest BCUT2D eigenvalue weighted by atomic mass is 19.4. The van der Waals surface area contributed by atoms with Gasteiger partial charge in [0.1, 0.15) is 17.8 Å². The van der Waals surface area contributed by atoms with Gasteiger partial charge in [-0.2, -0.15) is 13.2 Å². The molecule has 0 amide bonds. The molecule has 134 valence electrons. The van der Waals surface area contributed by atoms with E-state index in [4.69, 9.17) is 5.73 Å². The SMILES string of the molecule is Nc1c(Nc2ccc(F)cc2)ncnc1Nc1ccc(C(F)(F)F)cc1. The molecule has 0 fully saturated rings. The standard InChI is InChI=1S/C17H13F4N5/c18-11-3-7-13(8-4-11)26-16-14(22)15(23-9-24-16)25-12-5-1-10(2-6-12)17(19,20)21/h1-9H,22H2,(H2,23,24,25,26). The minimum absolute atomic E-state index is 0.164. The highest BCUT2D eigenvalue weighted by molar-refractivity contribution is 5.80. The van der Waals surface area contributed by atoms with Gasteiger partial charge < -0.3 is 16.4 Å². The maximum absolute atomic E-state index is 13.0. The number of nitrogens with zero attached hydrogens (tertiary/aromatic N) is 2. The topological polar surface area (TPSA) is 75.9 Å². The number of halogens is 4. The molecule has 26 heavy (non-hydrogen) atoms. The lowest BCUT2D eigenvalue weighted by molar-refractivity contribution is -0.137. The summed E-state index contributed by atoms with van der Waals surface area (Å²) >= 11 is 0. The Kier molecular flexibility index (Phi) is 4.61. The molecule has 0 aliphatic heterocycles. The minimum Gasteiger partial charge on any atom is -0.393 e. The van der Waals surface area contributed by atoms with Crippen LogP contribution >= 0.6 is 0 Å². The summed E-state index contributed by atoms with van der Waals surface area (Å²) in [5.41, 5.74) is 6.37. The van der Waals surface area contributed by atoms with E-state index in [1.165, 1.54) is 42.7 Å². The number of rotatable bonds is 4. The highest BCUT2D eigenvalue weighted by Gasteiger charge is 2.29. The number of alkyl halides is 3. The molecule has 2 aromatic carbocycles. The van der Waals surface area contributed by atoms with Gasteiger partial charge in [-0.3, -0.25) is 0 Å². The molecule has 0 saturated carbocycles. The van der Waals surface area contributed by atoms with Crippen LogP contribution in [0.25, 0.3) is 0 Å². The third-order valence-electron chi connectivity index (χ3n) is 3.47. The van der Waals surface area contributed by atoms with Gasteiger partial charge in [-0.05, 0) is 48.5 Å². The number of anilines is 5. The van der Waals surface area contributed by atoms with Crippen molar-refractivity contribution in [1.29, 1.82) is 0 Å². The van der Waals surface area contributed by atoms with Crippen molar-refractivity contribution >= 4 is 28.7 Å². The molecule has 0 aliphatic rings. The zero-order valence-electron chi connectivity index (χ0n) is 13.2. The molecule has 3 aromatic rings. The van der Waals surface area contributed by atoms with E-state index < -0.39 is 11.7 Å². The Morgan fingerprint density at radius 2 is 1.23 bits per heavy atom. The summed E-state index contributed by atoms with van der Waals surface area (Å²) in [7, 11) is 0. The van der Waals surface area contributed by atoms with Gasteiger partial charge in [0.2, 0.25) is 0 Å². The van der Waals surface area contributed by atoms with Crippen LogP contribution in [0.5, 0.6) is 0 Å². The van der Waals surface area contributed by atoms with E-state index in [1.807, 2.05) is 0 Å². The fraction of sp³-hybridized carbons (Fsp3) is 0.0588. The number of nitrogen functional groups attached to an aromatic ring is 1. The predicted molar refractivity (Wildman–Crippen MR) is 90.9 cm³/mol. The van der Waals surface area contributed by atoms with Crippen molar-refractivity contribution in [1.82, 2.24) is 9.97 Å². The molecular weight excluding hydrogens is 350 g/mol. The van der Waals surface area contributed by atoms with Gasteiger partial charge in [0.15, 0.2) is 11.6 Å². The van der Waals surface area contributed by atoms with E-state index in [1.54, 1.807) is 0 Å². The first-order chi connectivity index (χ1) is 12.3. The zero-order valence-corrected chi connectivity index (χ0v) is 13.2. The molecule has 0 spiro atoms. The van der Waals surface area contributed by atoms with Gasteiger partial charge >= 0.3 is 6.18 Å². The second kappa shape index (κ2) is 6.87. The molecule has 0 atom stereocenters. The van der Waals surface area contributed by atoms with Gasteiger partial charge in [-0.15, -0.1) is 0 Å². The quantitative estimate of drug-likeness (QED) is 0.586. The Bertz CT molecular complexity index is 893. The van der Waals surface area contributed by atoms with Crippen LogP contribution in [0.2, 0.25) is 0 Å². The Hall–Kier alpha value is -3.36.